The van der Waals surface area contributed by atoms with Crippen LogP contribution in [-0.2, 0) is 4.74 Å². The largest absolute Gasteiger partial charge is 0.387 e. The SMILES string of the molecule is CCC1(O)CN(CC2CCCCO2)C1. The first kappa shape index (κ1) is 10.4. The smallest absolute Gasteiger partial charge is 0.0897 e. The fourth-order valence-electron chi connectivity index (χ4n) is 2.38. The van der Waals surface area contributed by atoms with Crippen LogP contribution in [0.3, 0.4) is 0 Å². The fraction of sp³-hybridized carbons (Fsp3) is 1.00. The van der Waals surface area contributed by atoms with Crippen LogP contribution in [-0.4, -0.2) is 48.0 Å². The van der Waals surface area contributed by atoms with Crippen LogP contribution >= 0.6 is 0 Å². The first-order valence-electron chi connectivity index (χ1n) is 5.78. The molecule has 1 N–H and O–H groups in total. The summed E-state index contributed by atoms with van der Waals surface area (Å²) in [4.78, 5) is 2.31. The molecule has 0 aliphatic carbocycles. The third kappa shape index (κ3) is 2.27. The van der Waals surface area contributed by atoms with Crippen molar-refractivity contribution in [2.24, 2.45) is 0 Å². The van der Waals surface area contributed by atoms with Gasteiger partial charge in [-0.15, -0.1) is 0 Å². The lowest BCUT2D eigenvalue weighted by Gasteiger charge is -2.47. The van der Waals surface area contributed by atoms with Crippen LogP contribution in [0.1, 0.15) is 32.6 Å². The molecule has 1 atom stereocenters. The van der Waals surface area contributed by atoms with E-state index in [2.05, 4.69) is 11.8 Å². The molecule has 14 heavy (non-hydrogen) atoms. The van der Waals surface area contributed by atoms with Crippen molar-refractivity contribution in [2.45, 2.75) is 44.3 Å². The number of nitrogens with zero attached hydrogens (tertiary/aromatic N) is 1. The zero-order valence-electron chi connectivity index (χ0n) is 9.04. The lowest BCUT2D eigenvalue weighted by molar-refractivity contribution is -0.120. The van der Waals surface area contributed by atoms with Crippen LogP contribution in [0.15, 0.2) is 0 Å². The number of likely N-dealkylation sites (tertiary alicyclic amines) is 1. The van der Waals surface area contributed by atoms with Crippen LogP contribution in [0, 0.1) is 0 Å². The third-order valence-corrected chi connectivity index (χ3v) is 3.43. The zero-order chi connectivity index (χ0) is 10.0. The Kier molecular flexibility index (Phi) is 3.10. The lowest BCUT2D eigenvalue weighted by atomic mass is 9.90. The summed E-state index contributed by atoms with van der Waals surface area (Å²) < 4.78 is 5.66. The molecule has 0 spiro atoms. The van der Waals surface area contributed by atoms with Crippen molar-refractivity contribution >= 4 is 0 Å². The van der Waals surface area contributed by atoms with Gasteiger partial charge in [-0.2, -0.15) is 0 Å². The van der Waals surface area contributed by atoms with E-state index in [1.807, 2.05) is 0 Å². The summed E-state index contributed by atoms with van der Waals surface area (Å²) >= 11 is 0. The van der Waals surface area contributed by atoms with Gasteiger partial charge in [0, 0.05) is 26.2 Å². The number of hydrogen-bond acceptors (Lipinski definition) is 3. The van der Waals surface area contributed by atoms with E-state index in [9.17, 15) is 5.11 Å². The molecular formula is C11H21NO2. The van der Waals surface area contributed by atoms with E-state index >= 15 is 0 Å². The number of rotatable bonds is 3. The van der Waals surface area contributed by atoms with E-state index in [0.717, 1.165) is 32.7 Å². The Morgan fingerprint density at radius 2 is 2.21 bits per heavy atom. The number of hydrogen-bond donors (Lipinski definition) is 1. The van der Waals surface area contributed by atoms with Gasteiger partial charge in [0.15, 0.2) is 0 Å². The van der Waals surface area contributed by atoms with Gasteiger partial charge in [-0.25, -0.2) is 0 Å². The van der Waals surface area contributed by atoms with Crippen molar-refractivity contribution in [3.63, 3.8) is 0 Å². The first-order valence-corrected chi connectivity index (χ1v) is 5.78. The van der Waals surface area contributed by atoms with Gasteiger partial charge in [-0.05, 0) is 25.7 Å². The molecule has 2 saturated heterocycles. The molecule has 0 radical (unpaired) electrons. The maximum Gasteiger partial charge on any atom is 0.0897 e. The summed E-state index contributed by atoms with van der Waals surface area (Å²) in [5, 5.41) is 9.84. The van der Waals surface area contributed by atoms with Crippen molar-refractivity contribution < 1.29 is 9.84 Å². The van der Waals surface area contributed by atoms with Gasteiger partial charge >= 0.3 is 0 Å². The summed E-state index contributed by atoms with van der Waals surface area (Å²) in [5.41, 5.74) is -0.394. The minimum Gasteiger partial charge on any atom is -0.387 e. The molecule has 2 aliphatic rings. The van der Waals surface area contributed by atoms with Gasteiger partial charge in [0.2, 0.25) is 0 Å². The first-order chi connectivity index (χ1) is 6.72. The minimum atomic E-state index is -0.394. The average Bonchev–Trinajstić information content (AvgIpc) is 2.17. The van der Waals surface area contributed by atoms with Gasteiger partial charge in [0.25, 0.3) is 0 Å². The van der Waals surface area contributed by atoms with Crippen molar-refractivity contribution in [1.29, 1.82) is 0 Å². The highest BCUT2D eigenvalue weighted by Crippen LogP contribution is 2.25. The second-order valence-corrected chi connectivity index (χ2v) is 4.74. The van der Waals surface area contributed by atoms with Crippen LogP contribution in [0.25, 0.3) is 0 Å². The van der Waals surface area contributed by atoms with E-state index in [1.165, 1.54) is 19.3 Å². The Hall–Kier alpha value is -0.120. The van der Waals surface area contributed by atoms with Gasteiger partial charge in [-0.3, -0.25) is 4.90 Å². The molecule has 0 aromatic rings. The Bertz CT molecular complexity index is 184. The predicted molar refractivity (Wildman–Crippen MR) is 55.3 cm³/mol. The Morgan fingerprint density at radius 3 is 2.79 bits per heavy atom. The molecule has 0 aromatic heterocycles. The lowest BCUT2D eigenvalue weighted by Crippen LogP contribution is -2.62. The molecule has 3 nitrogen and oxygen atoms in total. The maximum absolute atomic E-state index is 9.84. The van der Waals surface area contributed by atoms with Crippen molar-refractivity contribution in [3.8, 4) is 0 Å². The van der Waals surface area contributed by atoms with E-state index in [0.29, 0.717) is 6.10 Å². The van der Waals surface area contributed by atoms with Crippen LogP contribution < -0.4 is 0 Å². The topological polar surface area (TPSA) is 32.7 Å². The molecule has 1 unspecified atom stereocenters. The molecule has 82 valence electrons. The predicted octanol–water partition coefficient (Wildman–Crippen LogP) is 1.01. The molecule has 2 heterocycles. The molecule has 2 rings (SSSR count). The number of ether oxygens (including phenoxy) is 1. The highest BCUT2D eigenvalue weighted by Gasteiger charge is 2.40. The highest BCUT2D eigenvalue weighted by molar-refractivity contribution is 4.95. The molecule has 0 amide bonds. The van der Waals surface area contributed by atoms with Crippen molar-refractivity contribution in [3.05, 3.63) is 0 Å². The van der Waals surface area contributed by atoms with Gasteiger partial charge in [0.05, 0.1) is 11.7 Å². The maximum atomic E-state index is 9.84. The quantitative estimate of drug-likeness (QED) is 0.736. The summed E-state index contributed by atoms with van der Waals surface area (Å²) in [6.07, 6.45) is 5.01. The van der Waals surface area contributed by atoms with E-state index in [1.54, 1.807) is 0 Å². The molecule has 0 saturated carbocycles. The van der Waals surface area contributed by atoms with Gasteiger partial charge in [0.1, 0.15) is 0 Å². The van der Waals surface area contributed by atoms with Gasteiger partial charge < -0.3 is 9.84 Å². The standard InChI is InChI=1S/C11H21NO2/c1-2-11(13)8-12(9-11)7-10-5-3-4-6-14-10/h10,13H,2-9H2,1H3. The molecule has 3 heteroatoms. The molecule has 0 bridgehead atoms. The molecule has 2 fully saturated rings. The summed E-state index contributed by atoms with van der Waals surface area (Å²) in [6.45, 7) is 5.67. The van der Waals surface area contributed by atoms with Crippen LogP contribution in [0.4, 0.5) is 0 Å². The fourth-order valence-corrected chi connectivity index (χ4v) is 2.38. The molecule has 0 aromatic carbocycles. The Labute approximate surface area is 86.0 Å². The summed E-state index contributed by atoms with van der Waals surface area (Å²) in [7, 11) is 0. The average molecular weight is 199 g/mol. The summed E-state index contributed by atoms with van der Waals surface area (Å²) in [5.74, 6) is 0. The van der Waals surface area contributed by atoms with Crippen LogP contribution in [0.2, 0.25) is 0 Å². The summed E-state index contributed by atoms with van der Waals surface area (Å²) in [6, 6.07) is 0. The Morgan fingerprint density at radius 1 is 1.43 bits per heavy atom. The monoisotopic (exact) mass is 199 g/mol. The van der Waals surface area contributed by atoms with Crippen LogP contribution in [0.5, 0.6) is 0 Å². The van der Waals surface area contributed by atoms with E-state index < -0.39 is 5.60 Å². The van der Waals surface area contributed by atoms with E-state index in [4.69, 9.17) is 4.74 Å². The van der Waals surface area contributed by atoms with Crippen molar-refractivity contribution in [1.82, 2.24) is 4.90 Å². The second-order valence-electron chi connectivity index (χ2n) is 4.74. The molecule has 2 aliphatic heterocycles. The Balaban J connectivity index is 1.68. The third-order valence-electron chi connectivity index (χ3n) is 3.43. The zero-order valence-corrected chi connectivity index (χ0v) is 9.04. The normalized spacial score (nSPS) is 32.6. The van der Waals surface area contributed by atoms with Gasteiger partial charge in [-0.1, -0.05) is 6.92 Å². The molecular weight excluding hydrogens is 178 g/mol. The number of β-amino-alcohol motifs (C(OH)–C–C–N with tert-alkyl or cyclic N) is 1. The minimum absolute atomic E-state index is 0.394. The van der Waals surface area contributed by atoms with E-state index in [-0.39, 0.29) is 0 Å². The highest BCUT2D eigenvalue weighted by atomic mass is 16.5. The second kappa shape index (κ2) is 4.17. The van der Waals surface area contributed by atoms with Crippen molar-refractivity contribution in [2.75, 3.05) is 26.2 Å². The number of aliphatic hydroxyl groups is 1.